The molecule has 0 amide bonds. The van der Waals surface area contributed by atoms with E-state index in [0.717, 1.165) is 22.4 Å². The van der Waals surface area contributed by atoms with Gasteiger partial charge in [0, 0.05) is 12.3 Å². The average molecular weight is 458 g/mol. The molecule has 0 aliphatic carbocycles. The monoisotopic (exact) mass is 458 g/mol. The van der Waals surface area contributed by atoms with Crippen molar-refractivity contribution in [1.82, 2.24) is 19.2 Å². The number of rotatable bonds is 5. The fourth-order valence-electron chi connectivity index (χ4n) is 3.20. The van der Waals surface area contributed by atoms with Crippen molar-refractivity contribution in [2.75, 3.05) is 7.11 Å². The number of carbonyl (C=O) groups excluding carboxylic acids is 1. The minimum absolute atomic E-state index is 0.0137. The Labute approximate surface area is 184 Å². The molecule has 170 valence electrons. The maximum atomic E-state index is 13.0. The number of aryl methyl sites for hydroxylation is 1. The van der Waals surface area contributed by atoms with Crippen LogP contribution in [0.25, 0.3) is 11.3 Å². The lowest BCUT2D eigenvalue weighted by Gasteiger charge is -2.08. The molecule has 3 heterocycles. The van der Waals surface area contributed by atoms with E-state index >= 15 is 0 Å². The summed E-state index contributed by atoms with van der Waals surface area (Å²) < 4.78 is 51.9. The zero-order valence-electron chi connectivity index (χ0n) is 17.5. The zero-order chi connectivity index (χ0) is 23.8. The number of ether oxygens (including phenoxy) is 2. The Morgan fingerprint density at radius 3 is 2.67 bits per heavy atom. The molecule has 0 spiro atoms. The van der Waals surface area contributed by atoms with Crippen molar-refractivity contribution in [3.63, 3.8) is 0 Å². The van der Waals surface area contributed by atoms with Crippen LogP contribution in [0.5, 0.6) is 5.75 Å². The van der Waals surface area contributed by atoms with Gasteiger partial charge in [-0.25, -0.2) is 14.5 Å². The van der Waals surface area contributed by atoms with Crippen LogP contribution in [0.15, 0.2) is 59.7 Å². The predicted molar refractivity (Wildman–Crippen MR) is 110 cm³/mol. The number of esters is 1. The number of benzene rings is 1. The maximum absolute atomic E-state index is 13.0. The minimum atomic E-state index is -4.53. The van der Waals surface area contributed by atoms with Crippen LogP contribution in [-0.4, -0.2) is 32.2 Å². The molecule has 0 bridgehead atoms. The second kappa shape index (κ2) is 8.41. The molecule has 1 aromatic carbocycles. The lowest BCUT2D eigenvalue weighted by atomic mass is 10.2. The molecule has 33 heavy (non-hydrogen) atoms. The number of nitrogens with zero attached hydrogens (tertiary/aromatic N) is 4. The van der Waals surface area contributed by atoms with Crippen molar-refractivity contribution in [2.45, 2.75) is 19.7 Å². The summed E-state index contributed by atoms with van der Waals surface area (Å²) in [6.45, 7) is 1.49. The van der Waals surface area contributed by atoms with Gasteiger partial charge in [0.15, 0.2) is 5.75 Å². The van der Waals surface area contributed by atoms with Gasteiger partial charge in [0.2, 0.25) is 5.69 Å². The lowest BCUT2D eigenvalue weighted by Crippen LogP contribution is -2.17. The molecule has 0 aliphatic rings. The fraction of sp³-hybridized carbons (Fsp3) is 0.182. The van der Waals surface area contributed by atoms with E-state index in [-0.39, 0.29) is 35.0 Å². The number of methoxy groups -OCH3 is 1. The molecule has 0 saturated carbocycles. The van der Waals surface area contributed by atoms with E-state index in [1.165, 1.54) is 35.9 Å². The van der Waals surface area contributed by atoms with Crippen molar-refractivity contribution < 1.29 is 27.4 Å². The van der Waals surface area contributed by atoms with Crippen LogP contribution in [0.1, 0.15) is 27.3 Å². The standard InChI is InChI=1S/C22H17F3N4O4/c1-13-5-4-8-28-18(30)10-15(26-20(13)28)12-33-21(31)19-17(32-2)11-29(27-19)16-7-3-6-14(9-16)22(23,24)25/h3-11H,12H2,1-2H3. The first-order valence-corrected chi connectivity index (χ1v) is 9.63. The Kier molecular flexibility index (Phi) is 5.62. The Balaban J connectivity index is 1.58. The number of aromatic nitrogens is 4. The molecule has 0 fully saturated rings. The van der Waals surface area contributed by atoms with Crippen molar-refractivity contribution in [3.05, 3.63) is 87.7 Å². The van der Waals surface area contributed by atoms with E-state index in [9.17, 15) is 22.8 Å². The molecule has 0 N–H and O–H groups in total. The van der Waals surface area contributed by atoms with Gasteiger partial charge in [0.25, 0.3) is 5.56 Å². The zero-order valence-corrected chi connectivity index (χ0v) is 17.5. The SMILES string of the molecule is COc1cn(-c2cccc(C(F)(F)F)c2)nc1C(=O)OCc1cc(=O)n2cccc(C)c2n1. The van der Waals surface area contributed by atoms with Gasteiger partial charge in [-0.2, -0.15) is 18.3 Å². The van der Waals surface area contributed by atoms with Crippen molar-refractivity contribution in [2.24, 2.45) is 0 Å². The summed E-state index contributed by atoms with van der Waals surface area (Å²) >= 11 is 0. The van der Waals surface area contributed by atoms with Crippen LogP contribution >= 0.6 is 0 Å². The maximum Gasteiger partial charge on any atom is 0.416 e. The highest BCUT2D eigenvalue weighted by Gasteiger charge is 2.31. The number of hydrogen-bond donors (Lipinski definition) is 0. The first-order valence-electron chi connectivity index (χ1n) is 9.63. The van der Waals surface area contributed by atoms with Gasteiger partial charge < -0.3 is 9.47 Å². The highest BCUT2D eigenvalue weighted by atomic mass is 19.4. The summed E-state index contributed by atoms with van der Waals surface area (Å²) in [6.07, 6.45) is -1.67. The molecular weight excluding hydrogens is 441 g/mol. The quantitative estimate of drug-likeness (QED) is 0.425. The van der Waals surface area contributed by atoms with Crippen LogP contribution < -0.4 is 10.3 Å². The molecule has 0 radical (unpaired) electrons. The smallest absolute Gasteiger partial charge is 0.416 e. The van der Waals surface area contributed by atoms with E-state index in [1.54, 1.807) is 25.3 Å². The second-order valence-corrected chi connectivity index (χ2v) is 7.09. The average Bonchev–Trinajstić information content (AvgIpc) is 3.22. The highest BCUT2D eigenvalue weighted by molar-refractivity contribution is 5.90. The molecule has 0 atom stereocenters. The van der Waals surface area contributed by atoms with Crippen LogP contribution in [0.4, 0.5) is 13.2 Å². The number of hydrogen-bond acceptors (Lipinski definition) is 6. The first kappa shape index (κ1) is 22.1. The Morgan fingerprint density at radius 2 is 1.94 bits per heavy atom. The number of halogens is 3. The molecule has 11 heteroatoms. The van der Waals surface area contributed by atoms with Crippen LogP contribution in [0, 0.1) is 6.92 Å². The van der Waals surface area contributed by atoms with E-state index in [1.807, 2.05) is 0 Å². The molecule has 4 rings (SSSR count). The Morgan fingerprint density at radius 1 is 1.15 bits per heavy atom. The number of carbonyl (C=O) groups is 1. The molecule has 8 nitrogen and oxygen atoms in total. The van der Waals surface area contributed by atoms with Crippen LogP contribution in [0.3, 0.4) is 0 Å². The fourth-order valence-corrected chi connectivity index (χ4v) is 3.20. The molecule has 0 saturated heterocycles. The summed E-state index contributed by atoms with van der Waals surface area (Å²) in [5.41, 5.74) is 0.0971. The van der Waals surface area contributed by atoms with Gasteiger partial charge >= 0.3 is 12.1 Å². The normalized spacial score (nSPS) is 11.5. The number of pyridine rings is 1. The molecule has 0 unspecified atom stereocenters. The van der Waals surface area contributed by atoms with E-state index in [0.29, 0.717) is 5.65 Å². The molecule has 4 aromatic rings. The summed E-state index contributed by atoms with van der Waals surface area (Å²) in [5, 5.41) is 4.03. The van der Waals surface area contributed by atoms with Gasteiger partial charge in [0.05, 0.1) is 30.3 Å². The van der Waals surface area contributed by atoms with E-state index in [2.05, 4.69) is 10.1 Å². The third kappa shape index (κ3) is 4.43. The van der Waals surface area contributed by atoms with Gasteiger partial charge in [0.1, 0.15) is 12.3 Å². The second-order valence-electron chi connectivity index (χ2n) is 7.09. The first-order chi connectivity index (χ1) is 15.7. The van der Waals surface area contributed by atoms with Crippen molar-refractivity contribution in [3.8, 4) is 11.4 Å². The number of fused-ring (bicyclic) bond motifs is 1. The third-order valence-corrected chi connectivity index (χ3v) is 4.82. The Bertz CT molecular complexity index is 1410. The number of alkyl halides is 3. The molecule has 0 aliphatic heterocycles. The van der Waals surface area contributed by atoms with Gasteiger partial charge in [-0.1, -0.05) is 12.1 Å². The molecular formula is C22H17F3N4O4. The van der Waals surface area contributed by atoms with E-state index in [4.69, 9.17) is 9.47 Å². The largest absolute Gasteiger partial charge is 0.493 e. The Hall–Kier alpha value is -4.15. The summed E-state index contributed by atoms with van der Waals surface area (Å²) in [5.74, 6) is -0.871. The highest BCUT2D eigenvalue weighted by Crippen LogP contribution is 2.31. The van der Waals surface area contributed by atoms with Gasteiger partial charge in [-0.15, -0.1) is 0 Å². The van der Waals surface area contributed by atoms with Crippen molar-refractivity contribution >= 4 is 11.6 Å². The van der Waals surface area contributed by atoms with Crippen molar-refractivity contribution in [1.29, 1.82) is 0 Å². The summed E-state index contributed by atoms with van der Waals surface area (Å²) in [4.78, 5) is 29.3. The minimum Gasteiger partial charge on any atom is -0.493 e. The summed E-state index contributed by atoms with van der Waals surface area (Å²) in [6, 6.07) is 9.23. The van der Waals surface area contributed by atoms with Gasteiger partial charge in [-0.05, 0) is 36.8 Å². The topological polar surface area (TPSA) is 87.7 Å². The van der Waals surface area contributed by atoms with Crippen LogP contribution in [0.2, 0.25) is 0 Å². The third-order valence-electron chi connectivity index (χ3n) is 4.82. The molecule has 3 aromatic heterocycles. The van der Waals surface area contributed by atoms with Gasteiger partial charge in [-0.3, -0.25) is 9.20 Å². The van der Waals surface area contributed by atoms with Crippen LogP contribution in [-0.2, 0) is 17.5 Å². The lowest BCUT2D eigenvalue weighted by molar-refractivity contribution is -0.137. The summed E-state index contributed by atoms with van der Waals surface area (Å²) in [7, 11) is 1.29. The predicted octanol–water partition coefficient (Wildman–Crippen LogP) is 3.57. The van der Waals surface area contributed by atoms with E-state index < -0.39 is 17.7 Å².